The summed E-state index contributed by atoms with van der Waals surface area (Å²) in [6, 6.07) is 0. The fourth-order valence-electron chi connectivity index (χ4n) is 1.12. The molecule has 0 saturated heterocycles. The molecule has 0 aliphatic heterocycles. The molecule has 0 aliphatic rings. The third kappa shape index (κ3) is 7.82. The molecule has 0 N–H and O–H groups in total. The van der Waals surface area contributed by atoms with Crippen LogP contribution >= 0.6 is 0 Å². The Morgan fingerprint density at radius 2 is 1.92 bits per heavy atom. The van der Waals surface area contributed by atoms with Gasteiger partial charge in [-0.15, -0.1) is 0 Å². The van der Waals surface area contributed by atoms with E-state index in [1.165, 1.54) is 6.42 Å². The number of rotatable bonds is 6. The molecule has 0 aromatic rings. The van der Waals surface area contributed by atoms with Crippen LogP contribution in [-0.4, -0.2) is 12.1 Å². The molecule has 0 heterocycles. The molecule has 0 aromatic heterocycles. The van der Waals surface area contributed by atoms with Crippen LogP contribution in [0.1, 0.15) is 53.4 Å². The zero-order chi connectivity index (χ0) is 10.3. The van der Waals surface area contributed by atoms with Gasteiger partial charge in [0.1, 0.15) is 0 Å². The minimum Gasteiger partial charge on any atom is -0.463 e. The second kappa shape index (κ2) is 6.93. The maximum atomic E-state index is 11.1. The fraction of sp³-hybridized carbons (Fsp3) is 0.909. The monoisotopic (exact) mass is 186 g/mol. The lowest BCUT2D eigenvalue weighted by Crippen LogP contribution is -2.11. The van der Waals surface area contributed by atoms with Crippen LogP contribution in [0.3, 0.4) is 0 Å². The second-order valence-electron chi connectivity index (χ2n) is 3.94. The highest BCUT2D eigenvalue weighted by atomic mass is 16.5. The number of hydrogen-bond acceptors (Lipinski definition) is 2. The predicted molar refractivity (Wildman–Crippen MR) is 54.5 cm³/mol. The molecule has 0 aliphatic carbocycles. The molecule has 0 spiro atoms. The van der Waals surface area contributed by atoms with E-state index in [9.17, 15) is 4.79 Å². The van der Waals surface area contributed by atoms with Gasteiger partial charge in [0.15, 0.2) is 0 Å². The third-order valence-electron chi connectivity index (χ3n) is 2.14. The van der Waals surface area contributed by atoms with Crippen molar-refractivity contribution in [1.82, 2.24) is 0 Å². The molecule has 0 fully saturated rings. The van der Waals surface area contributed by atoms with E-state index in [0.29, 0.717) is 6.42 Å². The number of carbonyl (C=O) groups is 1. The SMILES string of the molecule is CC[C@H](C)CCCC(=O)OC(C)C. The lowest BCUT2D eigenvalue weighted by atomic mass is 10.0. The van der Waals surface area contributed by atoms with E-state index in [1.807, 2.05) is 13.8 Å². The van der Waals surface area contributed by atoms with Gasteiger partial charge in [-0.3, -0.25) is 4.79 Å². The highest BCUT2D eigenvalue weighted by Crippen LogP contribution is 2.11. The molecule has 78 valence electrons. The van der Waals surface area contributed by atoms with E-state index in [0.717, 1.165) is 18.8 Å². The molecule has 0 aromatic carbocycles. The average Bonchev–Trinajstić information content (AvgIpc) is 2.02. The summed E-state index contributed by atoms with van der Waals surface area (Å²) in [6.07, 6.45) is 3.88. The Kier molecular flexibility index (Phi) is 6.65. The van der Waals surface area contributed by atoms with Crippen LogP contribution in [0.4, 0.5) is 0 Å². The van der Waals surface area contributed by atoms with Crippen LogP contribution in [0.5, 0.6) is 0 Å². The highest BCUT2D eigenvalue weighted by Gasteiger charge is 2.06. The van der Waals surface area contributed by atoms with Gasteiger partial charge in [-0.05, 0) is 26.2 Å². The standard InChI is InChI=1S/C11H22O2/c1-5-10(4)7-6-8-11(12)13-9(2)3/h9-10H,5-8H2,1-4H3/t10-/m0/s1. The van der Waals surface area contributed by atoms with Crippen molar-refractivity contribution in [3.8, 4) is 0 Å². The van der Waals surface area contributed by atoms with E-state index in [-0.39, 0.29) is 12.1 Å². The van der Waals surface area contributed by atoms with Crippen LogP contribution in [0.25, 0.3) is 0 Å². The van der Waals surface area contributed by atoms with Crippen LogP contribution in [-0.2, 0) is 9.53 Å². The van der Waals surface area contributed by atoms with Crippen LogP contribution < -0.4 is 0 Å². The van der Waals surface area contributed by atoms with Crippen molar-refractivity contribution in [3.05, 3.63) is 0 Å². The number of ether oxygens (including phenoxy) is 1. The summed E-state index contributed by atoms with van der Waals surface area (Å²) in [5, 5.41) is 0. The number of carbonyl (C=O) groups excluding carboxylic acids is 1. The van der Waals surface area contributed by atoms with Crippen LogP contribution in [0, 0.1) is 5.92 Å². The summed E-state index contributed by atoms with van der Waals surface area (Å²) in [4.78, 5) is 11.1. The number of hydrogen-bond donors (Lipinski definition) is 0. The highest BCUT2D eigenvalue weighted by molar-refractivity contribution is 5.69. The van der Waals surface area contributed by atoms with Crippen molar-refractivity contribution in [3.63, 3.8) is 0 Å². The van der Waals surface area contributed by atoms with Crippen molar-refractivity contribution in [2.24, 2.45) is 5.92 Å². The molecule has 0 saturated carbocycles. The van der Waals surface area contributed by atoms with Gasteiger partial charge in [-0.2, -0.15) is 0 Å². The lowest BCUT2D eigenvalue weighted by Gasteiger charge is -2.09. The molecule has 2 nitrogen and oxygen atoms in total. The zero-order valence-corrected chi connectivity index (χ0v) is 9.30. The molecule has 0 bridgehead atoms. The first-order valence-electron chi connectivity index (χ1n) is 5.25. The van der Waals surface area contributed by atoms with Gasteiger partial charge >= 0.3 is 5.97 Å². The van der Waals surface area contributed by atoms with Gasteiger partial charge in [0, 0.05) is 6.42 Å². The first kappa shape index (κ1) is 12.5. The quantitative estimate of drug-likeness (QED) is 0.596. The molecule has 0 rings (SSSR count). The van der Waals surface area contributed by atoms with Crippen LogP contribution in [0.15, 0.2) is 0 Å². The average molecular weight is 186 g/mol. The molecule has 13 heavy (non-hydrogen) atoms. The first-order valence-corrected chi connectivity index (χ1v) is 5.25. The van der Waals surface area contributed by atoms with Gasteiger partial charge in [0.25, 0.3) is 0 Å². The van der Waals surface area contributed by atoms with Crippen molar-refractivity contribution in [2.45, 2.75) is 59.5 Å². The lowest BCUT2D eigenvalue weighted by molar-refractivity contribution is -0.147. The Morgan fingerprint density at radius 3 is 2.38 bits per heavy atom. The van der Waals surface area contributed by atoms with Gasteiger partial charge in [-0.1, -0.05) is 26.7 Å². The summed E-state index contributed by atoms with van der Waals surface area (Å²) < 4.78 is 5.03. The van der Waals surface area contributed by atoms with Crippen molar-refractivity contribution in [1.29, 1.82) is 0 Å². The Hall–Kier alpha value is -0.530. The molecular formula is C11H22O2. The topological polar surface area (TPSA) is 26.3 Å². The first-order chi connectivity index (χ1) is 6.06. The van der Waals surface area contributed by atoms with E-state index >= 15 is 0 Å². The van der Waals surface area contributed by atoms with E-state index in [4.69, 9.17) is 4.74 Å². The maximum absolute atomic E-state index is 11.1. The second-order valence-corrected chi connectivity index (χ2v) is 3.94. The summed E-state index contributed by atoms with van der Waals surface area (Å²) in [7, 11) is 0. The van der Waals surface area contributed by atoms with E-state index in [1.54, 1.807) is 0 Å². The Bertz CT molecular complexity index is 141. The molecule has 0 radical (unpaired) electrons. The Balaban J connectivity index is 3.37. The fourth-order valence-corrected chi connectivity index (χ4v) is 1.12. The minimum absolute atomic E-state index is 0.0242. The van der Waals surface area contributed by atoms with Gasteiger partial charge in [0.05, 0.1) is 6.10 Å². The van der Waals surface area contributed by atoms with Crippen LogP contribution in [0.2, 0.25) is 0 Å². The molecule has 0 unspecified atom stereocenters. The largest absolute Gasteiger partial charge is 0.463 e. The maximum Gasteiger partial charge on any atom is 0.306 e. The predicted octanol–water partition coefficient (Wildman–Crippen LogP) is 3.15. The van der Waals surface area contributed by atoms with Crippen molar-refractivity contribution >= 4 is 5.97 Å². The normalized spacial score (nSPS) is 13.0. The van der Waals surface area contributed by atoms with Crippen molar-refractivity contribution in [2.75, 3.05) is 0 Å². The third-order valence-corrected chi connectivity index (χ3v) is 2.14. The van der Waals surface area contributed by atoms with Crippen molar-refractivity contribution < 1.29 is 9.53 Å². The Morgan fingerprint density at radius 1 is 1.31 bits per heavy atom. The summed E-state index contributed by atoms with van der Waals surface area (Å²) >= 11 is 0. The summed E-state index contributed by atoms with van der Waals surface area (Å²) in [5.74, 6) is 0.671. The number of esters is 1. The minimum atomic E-state index is -0.0571. The van der Waals surface area contributed by atoms with E-state index < -0.39 is 0 Å². The smallest absolute Gasteiger partial charge is 0.306 e. The van der Waals surface area contributed by atoms with Gasteiger partial charge in [-0.25, -0.2) is 0 Å². The zero-order valence-electron chi connectivity index (χ0n) is 9.30. The molecular weight excluding hydrogens is 164 g/mol. The summed E-state index contributed by atoms with van der Waals surface area (Å²) in [5.41, 5.74) is 0. The van der Waals surface area contributed by atoms with Gasteiger partial charge < -0.3 is 4.74 Å². The molecule has 2 heteroatoms. The molecule has 0 amide bonds. The van der Waals surface area contributed by atoms with E-state index in [2.05, 4.69) is 13.8 Å². The molecule has 1 atom stereocenters. The van der Waals surface area contributed by atoms with Gasteiger partial charge in [0.2, 0.25) is 0 Å². The summed E-state index contributed by atoms with van der Waals surface area (Å²) in [6.45, 7) is 8.16. The Labute approximate surface area is 81.7 Å².